The van der Waals surface area contributed by atoms with Crippen LogP contribution in [0.25, 0.3) is 0 Å². The zero-order chi connectivity index (χ0) is 18.9. The van der Waals surface area contributed by atoms with Crippen LogP contribution in [0.1, 0.15) is 12.0 Å². The number of hydrogen-bond acceptors (Lipinski definition) is 4. The van der Waals surface area contributed by atoms with Gasteiger partial charge in [0.1, 0.15) is 6.42 Å². The monoisotopic (exact) mass is 356 g/mol. The van der Waals surface area contributed by atoms with Crippen molar-refractivity contribution in [1.82, 2.24) is 5.32 Å². The van der Waals surface area contributed by atoms with Crippen molar-refractivity contribution in [3.8, 4) is 11.5 Å². The van der Waals surface area contributed by atoms with Crippen molar-refractivity contribution < 1.29 is 19.1 Å². The highest BCUT2D eigenvalue weighted by molar-refractivity contribution is 6.04. The van der Waals surface area contributed by atoms with Gasteiger partial charge in [-0.25, -0.2) is 0 Å². The smallest absolute Gasteiger partial charge is 0.236 e. The number of rotatable bonds is 8. The second-order valence-corrected chi connectivity index (χ2v) is 5.75. The third kappa shape index (κ3) is 5.24. The number of carbonyl (C=O) groups excluding carboxylic acids is 2. The molecule has 0 unspecified atom stereocenters. The Bertz CT molecular complexity index is 747. The molecule has 0 saturated heterocycles. The molecular formula is C20H24N2O4. The Kier molecular flexibility index (Phi) is 7.02. The maximum absolute atomic E-state index is 12.2. The first-order valence-corrected chi connectivity index (χ1v) is 8.34. The predicted octanol–water partition coefficient (Wildman–Crippen LogP) is 2.42. The number of amides is 2. The summed E-state index contributed by atoms with van der Waals surface area (Å²) in [6.07, 6.45) is 0.451. The highest BCUT2D eigenvalue weighted by Gasteiger charge is 2.15. The summed E-state index contributed by atoms with van der Waals surface area (Å²) >= 11 is 0. The maximum Gasteiger partial charge on any atom is 0.236 e. The first-order valence-electron chi connectivity index (χ1n) is 8.34. The van der Waals surface area contributed by atoms with Crippen molar-refractivity contribution in [2.24, 2.45) is 0 Å². The molecule has 6 nitrogen and oxygen atoms in total. The van der Waals surface area contributed by atoms with E-state index in [1.165, 1.54) is 4.90 Å². The third-order valence-corrected chi connectivity index (χ3v) is 4.01. The average Bonchev–Trinajstić information content (AvgIpc) is 2.67. The molecule has 1 N–H and O–H groups in total. The van der Waals surface area contributed by atoms with Gasteiger partial charge in [-0.05, 0) is 36.2 Å². The van der Waals surface area contributed by atoms with Crippen LogP contribution in [0.2, 0.25) is 0 Å². The molecule has 2 amide bonds. The van der Waals surface area contributed by atoms with Gasteiger partial charge >= 0.3 is 0 Å². The number of para-hydroxylation sites is 1. The predicted molar refractivity (Wildman–Crippen MR) is 101 cm³/mol. The fraction of sp³-hybridized carbons (Fsp3) is 0.300. The van der Waals surface area contributed by atoms with E-state index in [9.17, 15) is 9.59 Å². The van der Waals surface area contributed by atoms with Crippen LogP contribution in [-0.4, -0.2) is 39.6 Å². The molecule has 0 aliphatic rings. The number of hydrogen-bond donors (Lipinski definition) is 1. The van der Waals surface area contributed by atoms with Gasteiger partial charge in [0.05, 0.1) is 14.2 Å². The van der Waals surface area contributed by atoms with E-state index < -0.39 is 0 Å². The number of anilines is 1. The standard InChI is InChI=1S/C20H24N2O4/c1-22(16-7-5-4-6-8-16)20(24)14-19(23)21-12-11-15-9-10-17(25-2)18(13-15)26-3/h4-10,13H,11-12,14H2,1-3H3,(H,21,23). The largest absolute Gasteiger partial charge is 0.493 e. The molecule has 0 spiro atoms. The summed E-state index contributed by atoms with van der Waals surface area (Å²) in [5, 5.41) is 2.78. The van der Waals surface area contributed by atoms with Gasteiger partial charge in [-0.2, -0.15) is 0 Å². The molecule has 2 aromatic rings. The number of carbonyl (C=O) groups is 2. The minimum atomic E-state index is -0.293. The lowest BCUT2D eigenvalue weighted by molar-refractivity contribution is -0.127. The van der Waals surface area contributed by atoms with Crippen molar-refractivity contribution in [2.45, 2.75) is 12.8 Å². The fourth-order valence-electron chi connectivity index (χ4n) is 2.50. The molecule has 0 aliphatic heterocycles. The van der Waals surface area contributed by atoms with Crippen LogP contribution < -0.4 is 19.7 Å². The molecule has 6 heteroatoms. The summed E-state index contributed by atoms with van der Waals surface area (Å²) in [5.41, 5.74) is 1.77. The van der Waals surface area contributed by atoms with Crippen molar-refractivity contribution in [2.75, 3.05) is 32.7 Å². The van der Waals surface area contributed by atoms with E-state index in [0.29, 0.717) is 24.5 Å². The topological polar surface area (TPSA) is 67.9 Å². The molecule has 0 aromatic heterocycles. The summed E-state index contributed by atoms with van der Waals surface area (Å²) in [5.74, 6) is 0.767. The van der Waals surface area contributed by atoms with Crippen LogP contribution in [0.5, 0.6) is 11.5 Å². The van der Waals surface area contributed by atoms with E-state index in [1.54, 1.807) is 21.3 Å². The van der Waals surface area contributed by atoms with E-state index in [4.69, 9.17) is 9.47 Å². The Labute approximate surface area is 153 Å². The number of methoxy groups -OCH3 is 2. The zero-order valence-corrected chi connectivity index (χ0v) is 15.3. The van der Waals surface area contributed by atoms with E-state index in [1.807, 2.05) is 48.5 Å². The summed E-state index contributed by atoms with van der Waals surface area (Å²) in [6, 6.07) is 14.8. The molecule has 0 atom stereocenters. The van der Waals surface area contributed by atoms with Crippen LogP contribution in [0.3, 0.4) is 0 Å². The van der Waals surface area contributed by atoms with Crippen LogP contribution in [-0.2, 0) is 16.0 Å². The minimum Gasteiger partial charge on any atom is -0.493 e. The Hall–Kier alpha value is -3.02. The molecule has 0 fully saturated rings. The van der Waals surface area contributed by atoms with E-state index in [0.717, 1.165) is 11.3 Å². The number of benzene rings is 2. The van der Waals surface area contributed by atoms with E-state index >= 15 is 0 Å². The number of nitrogens with one attached hydrogen (secondary N) is 1. The quantitative estimate of drug-likeness (QED) is 0.738. The molecule has 0 radical (unpaired) electrons. The first-order chi connectivity index (χ1) is 12.5. The summed E-state index contributed by atoms with van der Waals surface area (Å²) in [7, 11) is 4.83. The van der Waals surface area contributed by atoms with Crippen molar-refractivity contribution in [3.63, 3.8) is 0 Å². The van der Waals surface area contributed by atoms with Crippen molar-refractivity contribution in [3.05, 3.63) is 54.1 Å². The summed E-state index contributed by atoms with van der Waals surface area (Å²) in [4.78, 5) is 25.7. The second kappa shape index (κ2) is 9.46. The molecule has 26 heavy (non-hydrogen) atoms. The lowest BCUT2D eigenvalue weighted by Crippen LogP contribution is -2.34. The van der Waals surface area contributed by atoms with Gasteiger partial charge in [-0.1, -0.05) is 24.3 Å². The molecule has 0 bridgehead atoms. The molecular weight excluding hydrogens is 332 g/mol. The number of ether oxygens (including phenoxy) is 2. The normalized spacial score (nSPS) is 10.1. The van der Waals surface area contributed by atoms with E-state index in [-0.39, 0.29) is 18.2 Å². The summed E-state index contributed by atoms with van der Waals surface area (Å²) < 4.78 is 10.5. The highest BCUT2D eigenvalue weighted by atomic mass is 16.5. The van der Waals surface area contributed by atoms with Gasteiger partial charge in [0.2, 0.25) is 11.8 Å². The minimum absolute atomic E-state index is 0.183. The van der Waals surface area contributed by atoms with Gasteiger partial charge in [0.25, 0.3) is 0 Å². The van der Waals surface area contributed by atoms with Gasteiger partial charge in [-0.15, -0.1) is 0 Å². The maximum atomic E-state index is 12.2. The van der Waals surface area contributed by atoms with Gasteiger partial charge in [-0.3, -0.25) is 9.59 Å². The molecule has 0 heterocycles. The average molecular weight is 356 g/mol. The van der Waals surface area contributed by atoms with Gasteiger partial charge in [0.15, 0.2) is 11.5 Å². The summed E-state index contributed by atoms with van der Waals surface area (Å²) in [6.45, 7) is 0.441. The van der Waals surface area contributed by atoms with Crippen LogP contribution >= 0.6 is 0 Å². The Morgan fingerprint density at radius 2 is 1.69 bits per heavy atom. The molecule has 0 saturated carbocycles. The van der Waals surface area contributed by atoms with Gasteiger partial charge < -0.3 is 19.7 Å². The van der Waals surface area contributed by atoms with Crippen LogP contribution in [0, 0.1) is 0 Å². The van der Waals surface area contributed by atoms with Crippen LogP contribution in [0.4, 0.5) is 5.69 Å². The van der Waals surface area contributed by atoms with Crippen LogP contribution in [0.15, 0.2) is 48.5 Å². The molecule has 2 rings (SSSR count). The molecule has 2 aromatic carbocycles. The lowest BCUT2D eigenvalue weighted by Gasteiger charge is -2.17. The Balaban J connectivity index is 1.81. The van der Waals surface area contributed by atoms with Crippen molar-refractivity contribution >= 4 is 17.5 Å². The Morgan fingerprint density at radius 1 is 1.00 bits per heavy atom. The molecule has 0 aliphatic carbocycles. The lowest BCUT2D eigenvalue weighted by atomic mass is 10.1. The SMILES string of the molecule is COc1ccc(CCNC(=O)CC(=O)N(C)c2ccccc2)cc1OC. The molecule has 138 valence electrons. The van der Waals surface area contributed by atoms with Gasteiger partial charge in [0, 0.05) is 19.3 Å². The zero-order valence-electron chi connectivity index (χ0n) is 15.3. The van der Waals surface area contributed by atoms with Crippen molar-refractivity contribution in [1.29, 1.82) is 0 Å². The number of nitrogens with zero attached hydrogens (tertiary/aromatic N) is 1. The fourth-order valence-corrected chi connectivity index (χ4v) is 2.50. The first kappa shape index (κ1) is 19.3. The second-order valence-electron chi connectivity index (χ2n) is 5.75. The van der Waals surface area contributed by atoms with E-state index in [2.05, 4.69) is 5.32 Å². The Morgan fingerprint density at radius 3 is 2.35 bits per heavy atom. The third-order valence-electron chi connectivity index (χ3n) is 4.01. The highest BCUT2D eigenvalue weighted by Crippen LogP contribution is 2.27.